The Morgan fingerprint density at radius 2 is 1.84 bits per heavy atom. The fourth-order valence-corrected chi connectivity index (χ4v) is 5.56. The number of rotatable bonds is 7. The lowest BCUT2D eigenvalue weighted by Crippen LogP contribution is -2.35. The summed E-state index contributed by atoms with van der Waals surface area (Å²) < 4.78 is 27.3. The van der Waals surface area contributed by atoms with Crippen molar-refractivity contribution in [3.05, 3.63) is 77.2 Å². The lowest BCUT2D eigenvalue weighted by Gasteiger charge is -2.27. The number of nitrogens with zero attached hydrogens (tertiary/aromatic N) is 1. The zero-order chi connectivity index (χ0) is 22.6. The Morgan fingerprint density at radius 3 is 2.56 bits per heavy atom. The van der Waals surface area contributed by atoms with Gasteiger partial charge in [0.2, 0.25) is 5.91 Å². The van der Waals surface area contributed by atoms with E-state index in [1.807, 2.05) is 24.3 Å². The van der Waals surface area contributed by atoms with Crippen LogP contribution in [0.1, 0.15) is 35.2 Å². The quantitative estimate of drug-likeness (QED) is 0.547. The Bertz CT molecular complexity index is 1210. The molecule has 1 saturated heterocycles. The number of sulfonamides is 1. The number of hydrogen-bond acceptors (Lipinski definition) is 5. The topological polar surface area (TPSA) is 95.6 Å². The van der Waals surface area contributed by atoms with Gasteiger partial charge in [-0.15, -0.1) is 11.3 Å². The molecule has 2 heterocycles. The number of hydrogen-bond donors (Lipinski definition) is 2. The van der Waals surface area contributed by atoms with Gasteiger partial charge < -0.3 is 10.2 Å². The van der Waals surface area contributed by atoms with E-state index in [9.17, 15) is 18.0 Å². The highest BCUT2D eigenvalue weighted by Crippen LogP contribution is 2.22. The molecule has 1 aliphatic rings. The third-order valence-corrected chi connectivity index (χ3v) is 7.94. The molecule has 7 nitrogen and oxygen atoms in total. The van der Waals surface area contributed by atoms with E-state index in [4.69, 9.17) is 0 Å². The number of nitrogens with one attached hydrogen (secondary N) is 2. The summed E-state index contributed by atoms with van der Waals surface area (Å²) in [7, 11) is -3.63. The molecule has 2 aromatic carbocycles. The van der Waals surface area contributed by atoms with Crippen LogP contribution in [0.15, 0.2) is 70.3 Å². The van der Waals surface area contributed by atoms with E-state index in [1.165, 1.54) is 6.07 Å². The Hall–Kier alpha value is -3.17. The van der Waals surface area contributed by atoms with Crippen LogP contribution in [-0.2, 0) is 21.4 Å². The number of benzene rings is 2. The Kier molecular flexibility index (Phi) is 6.57. The molecule has 9 heteroatoms. The minimum absolute atomic E-state index is 0.132. The van der Waals surface area contributed by atoms with Crippen molar-refractivity contribution in [2.24, 2.45) is 0 Å². The fraction of sp³-hybridized carbons (Fsp3) is 0.217. The zero-order valence-electron chi connectivity index (χ0n) is 17.3. The molecule has 1 aromatic heterocycles. The Morgan fingerprint density at radius 1 is 1.03 bits per heavy atom. The number of thiophene rings is 1. The number of anilines is 2. The van der Waals surface area contributed by atoms with Gasteiger partial charge in [0, 0.05) is 36.4 Å². The molecule has 0 bridgehead atoms. The molecule has 0 radical (unpaired) electrons. The van der Waals surface area contributed by atoms with E-state index in [0.717, 1.165) is 42.0 Å². The maximum Gasteiger partial charge on any atom is 0.271 e. The fourth-order valence-electron chi connectivity index (χ4n) is 3.51. The van der Waals surface area contributed by atoms with Gasteiger partial charge in [-0.05, 0) is 66.2 Å². The first-order chi connectivity index (χ1) is 15.4. The summed E-state index contributed by atoms with van der Waals surface area (Å²) in [5.41, 5.74) is 2.55. The standard InChI is InChI=1S/C23H23N3O4S2/c27-21-7-1-2-13-26(21)20-6-3-5-17(15-20)16-24-23(28)18-9-11-19(12-10-18)25-32(29,30)22-8-4-14-31-22/h3-6,8-12,14-15,25H,1-2,7,13,16H2,(H,24,28). The Balaban J connectivity index is 1.36. The predicted octanol–water partition coefficient (Wildman–Crippen LogP) is 4.00. The number of piperidine rings is 1. The van der Waals surface area contributed by atoms with E-state index < -0.39 is 10.0 Å². The van der Waals surface area contributed by atoms with E-state index in [1.54, 1.807) is 40.6 Å². The molecule has 166 valence electrons. The molecule has 3 aromatic rings. The second-order valence-electron chi connectivity index (χ2n) is 7.47. The van der Waals surface area contributed by atoms with Gasteiger partial charge in [-0.3, -0.25) is 14.3 Å². The molecule has 0 unspecified atom stereocenters. The van der Waals surface area contributed by atoms with Gasteiger partial charge in [0.1, 0.15) is 4.21 Å². The van der Waals surface area contributed by atoms with E-state index in [2.05, 4.69) is 10.0 Å². The maximum atomic E-state index is 12.5. The average Bonchev–Trinajstić information content (AvgIpc) is 3.34. The highest BCUT2D eigenvalue weighted by atomic mass is 32.2. The van der Waals surface area contributed by atoms with Crippen molar-refractivity contribution in [2.75, 3.05) is 16.2 Å². The van der Waals surface area contributed by atoms with Crippen LogP contribution in [0, 0.1) is 0 Å². The van der Waals surface area contributed by atoms with Crippen molar-refractivity contribution >= 4 is 44.5 Å². The van der Waals surface area contributed by atoms with E-state index in [-0.39, 0.29) is 16.0 Å². The molecule has 1 fully saturated rings. The molecule has 2 N–H and O–H groups in total. The van der Waals surface area contributed by atoms with Gasteiger partial charge in [-0.1, -0.05) is 18.2 Å². The van der Waals surface area contributed by atoms with Gasteiger partial charge in [-0.25, -0.2) is 8.42 Å². The van der Waals surface area contributed by atoms with Crippen molar-refractivity contribution in [1.29, 1.82) is 0 Å². The van der Waals surface area contributed by atoms with Gasteiger partial charge >= 0.3 is 0 Å². The van der Waals surface area contributed by atoms with Crippen LogP contribution in [-0.4, -0.2) is 26.8 Å². The number of amides is 2. The van der Waals surface area contributed by atoms with Gasteiger partial charge in [-0.2, -0.15) is 0 Å². The van der Waals surface area contributed by atoms with E-state index >= 15 is 0 Å². The molecule has 0 atom stereocenters. The third-order valence-electron chi connectivity index (χ3n) is 5.16. The maximum absolute atomic E-state index is 12.5. The number of carbonyl (C=O) groups is 2. The molecular weight excluding hydrogens is 446 g/mol. The summed E-state index contributed by atoms with van der Waals surface area (Å²) in [6, 6.07) is 17.1. The Labute approximate surface area is 191 Å². The first-order valence-electron chi connectivity index (χ1n) is 10.3. The van der Waals surface area contributed by atoms with Crippen LogP contribution >= 0.6 is 11.3 Å². The molecule has 0 aliphatic carbocycles. The van der Waals surface area contributed by atoms with Crippen LogP contribution in [0.2, 0.25) is 0 Å². The summed E-state index contributed by atoms with van der Waals surface area (Å²) >= 11 is 1.14. The monoisotopic (exact) mass is 469 g/mol. The van der Waals surface area contributed by atoms with Crippen LogP contribution in [0.5, 0.6) is 0 Å². The van der Waals surface area contributed by atoms with E-state index in [0.29, 0.717) is 24.2 Å². The minimum atomic E-state index is -3.63. The lowest BCUT2D eigenvalue weighted by atomic mass is 10.1. The highest BCUT2D eigenvalue weighted by molar-refractivity contribution is 7.94. The van der Waals surface area contributed by atoms with Crippen LogP contribution in [0.3, 0.4) is 0 Å². The van der Waals surface area contributed by atoms with Crippen molar-refractivity contribution in [3.8, 4) is 0 Å². The molecular formula is C23H23N3O4S2. The molecule has 1 aliphatic heterocycles. The summed E-state index contributed by atoms with van der Waals surface area (Å²) in [4.78, 5) is 26.5. The third kappa shape index (κ3) is 5.17. The van der Waals surface area contributed by atoms with Crippen molar-refractivity contribution in [3.63, 3.8) is 0 Å². The molecule has 4 rings (SSSR count). The van der Waals surface area contributed by atoms with Crippen molar-refractivity contribution in [2.45, 2.75) is 30.0 Å². The largest absolute Gasteiger partial charge is 0.348 e. The highest BCUT2D eigenvalue weighted by Gasteiger charge is 2.20. The SMILES string of the molecule is O=C(NCc1cccc(N2CCCCC2=O)c1)c1ccc(NS(=O)(=O)c2cccs2)cc1. The van der Waals surface area contributed by atoms with Crippen LogP contribution in [0.25, 0.3) is 0 Å². The summed E-state index contributed by atoms with van der Waals surface area (Å²) in [5.74, 6) is -0.135. The summed E-state index contributed by atoms with van der Waals surface area (Å²) in [6.45, 7) is 1.04. The van der Waals surface area contributed by atoms with Gasteiger partial charge in [0.25, 0.3) is 15.9 Å². The molecule has 0 saturated carbocycles. The molecule has 0 spiro atoms. The van der Waals surface area contributed by atoms with Crippen molar-refractivity contribution in [1.82, 2.24) is 5.32 Å². The lowest BCUT2D eigenvalue weighted by molar-refractivity contribution is -0.119. The van der Waals surface area contributed by atoms with Gasteiger partial charge in [0.15, 0.2) is 0 Å². The normalized spacial score (nSPS) is 14.2. The summed E-state index contributed by atoms with van der Waals surface area (Å²) in [6.07, 6.45) is 2.49. The second-order valence-corrected chi connectivity index (χ2v) is 10.3. The minimum Gasteiger partial charge on any atom is -0.348 e. The molecule has 2 amide bonds. The summed E-state index contributed by atoms with van der Waals surface area (Å²) in [5, 5.41) is 4.56. The van der Waals surface area contributed by atoms with Crippen LogP contribution < -0.4 is 14.9 Å². The van der Waals surface area contributed by atoms with Gasteiger partial charge in [0.05, 0.1) is 0 Å². The average molecular weight is 470 g/mol. The first-order valence-corrected chi connectivity index (χ1v) is 12.6. The second kappa shape index (κ2) is 9.54. The van der Waals surface area contributed by atoms with Crippen LogP contribution in [0.4, 0.5) is 11.4 Å². The first kappa shape index (κ1) is 22.0. The smallest absolute Gasteiger partial charge is 0.271 e. The zero-order valence-corrected chi connectivity index (χ0v) is 18.9. The predicted molar refractivity (Wildman–Crippen MR) is 125 cm³/mol. The van der Waals surface area contributed by atoms with Crippen molar-refractivity contribution < 1.29 is 18.0 Å². The molecule has 32 heavy (non-hydrogen) atoms. The number of carbonyl (C=O) groups excluding carboxylic acids is 2.